The maximum absolute atomic E-state index is 13.0. The quantitative estimate of drug-likeness (QED) is 0.762. The minimum atomic E-state index is -4.35. The van der Waals surface area contributed by atoms with Gasteiger partial charge >= 0.3 is 6.18 Å². The summed E-state index contributed by atoms with van der Waals surface area (Å²) in [6.45, 7) is 4.61. The second-order valence-electron chi connectivity index (χ2n) is 5.78. The molecule has 0 aromatic carbocycles. The standard InChI is InChI=1S/C13H23F3N2S/c1-9(2)7-18(10-5-3-4-6-10)8-11(12(17)19)13(14,15)16/h9-11H,3-8H2,1-2H3,(H2,17,19). The Morgan fingerprint density at radius 1 is 1.26 bits per heavy atom. The summed E-state index contributed by atoms with van der Waals surface area (Å²) < 4.78 is 38.9. The van der Waals surface area contributed by atoms with Crippen molar-refractivity contribution in [1.82, 2.24) is 4.90 Å². The SMILES string of the molecule is CC(C)CN(CC(C(N)=S)C(F)(F)F)C1CCCC1. The molecule has 0 aliphatic heterocycles. The Morgan fingerprint density at radius 3 is 2.16 bits per heavy atom. The van der Waals surface area contributed by atoms with Crippen molar-refractivity contribution >= 4 is 17.2 Å². The first-order valence-corrected chi connectivity index (χ1v) is 7.22. The van der Waals surface area contributed by atoms with E-state index < -0.39 is 17.1 Å². The minimum absolute atomic E-state index is 0.0956. The minimum Gasteiger partial charge on any atom is -0.393 e. The number of nitrogens with two attached hydrogens (primary N) is 1. The van der Waals surface area contributed by atoms with Crippen LogP contribution in [0.15, 0.2) is 0 Å². The van der Waals surface area contributed by atoms with E-state index in [2.05, 4.69) is 12.2 Å². The molecule has 2 N–H and O–H groups in total. The van der Waals surface area contributed by atoms with Crippen molar-refractivity contribution in [2.24, 2.45) is 17.6 Å². The highest BCUT2D eigenvalue weighted by Crippen LogP contribution is 2.31. The number of alkyl halides is 3. The lowest BCUT2D eigenvalue weighted by atomic mass is 10.0. The molecule has 0 saturated heterocycles. The number of thiocarbonyl (C=S) groups is 1. The third-order valence-electron chi connectivity index (χ3n) is 3.60. The fourth-order valence-corrected chi connectivity index (χ4v) is 2.91. The van der Waals surface area contributed by atoms with E-state index in [0.29, 0.717) is 12.5 Å². The highest BCUT2D eigenvalue weighted by Gasteiger charge is 2.43. The normalized spacial score (nSPS) is 19.3. The molecule has 0 aromatic heterocycles. The molecule has 1 unspecified atom stereocenters. The van der Waals surface area contributed by atoms with Crippen molar-refractivity contribution in [2.75, 3.05) is 13.1 Å². The first kappa shape index (κ1) is 16.7. The van der Waals surface area contributed by atoms with Crippen molar-refractivity contribution in [3.63, 3.8) is 0 Å². The first-order valence-electron chi connectivity index (χ1n) is 6.82. The summed E-state index contributed by atoms with van der Waals surface area (Å²) in [6, 6.07) is 0.251. The Bertz CT molecular complexity index is 299. The number of rotatable bonds is 6. The van der Waals surface area contributed by atoms with Gasteiger partial charge in [0.05, 0.1) is 4.99 Å². The van der Waals surface area contributed by atoms with Crippen molar-refractivity contribution in [1.29, 1.82) is 0 Å². The van der Waals surface area contributed by atoms with Gasteiger partial charge in [-0.3, -0.25) is 4.90 Å². The zero-order chi connectivity index (χ0) is 14.6. The summed E-state index contributed by atoms with van der Waals surface area (Å²) >= 11 is 4.60. The van der Waals surface area contributed by atoms with Crippen LogP contribution >= 0.6 is 12.2 Å². The maximum Gasteiger partial charge on any atom is 0.399 e. The molecule has 0 amide bonds. The van der Waals surface area contributed by atoms with Gasteiger partial charge in [-0.05, 0) is 18.8 Å². The van der Waals surface area contributed by atoms with Crippen molar-refractivity contribution in [3.8, 4) is 0 Å². The predicted octanol–water partition coefficient (Wildman–Crippen LogP) is 3.35. The molecule has 0 radical (unpaired) electrons. The van der Waals surface area contributed by atoms with E-state index >= 15 is 0 Å². The lowest BCUT2D eigenvalue weighted by Gasteiger charge is -2.34. The number of hydrogen-bond acceptors (Lipinski definition) is 2. The second kappa shape index (κ2) is 6.88. The van der Waals surface area contributed by atoms with Crippen LogP contribution in [0.25, 0.3) is 0 Å². The highest BCUT2D eigenvalue weighted by molar-refractivity contribution is 7.80. The van der Waals surface area contributed by atoms with E-state index in [1.807, 2.05) is 18.7 Å². The van der Waals surface area contributed by atoms with E-state index in [4.69, 9.17) is 5.73 Å². The predicted molar refractivity (Wildman–Crippen MR) is 75.0 cm³/mol. The van der Waals surface area contributed by atoms with Crippen LogP contribution in [-0.2, 0) is 0 Å². The summed E-state index contributed by atoms with van der Waals surface area (Å²) in [7, 11) is 0. The van der Waals surface area contributed by atoms with Gasteiger partial charge in [0.1, 0.15) is 5.92 Å². The van der Waals surface area contributed by atoms with Gasteiger partial charge in [-0.15, -0.1) is 0 Å². The molecule has 1 rings (SSSR count). The number of hydrogen-bond donors (Lipinski definition) is 1. The van der Waals surface area contributed by atoms with Gasteiger partial charge in [0.25, 0.3) is 0 Å². The van der Waals surface area contributed by atoms with Crippen LogP contribution in [0.2, 0.25) is 0 Å². The van der Waals surface area contributed by atoms with E-state index in [9.17, 15) is 13.2 Å². The highest BCUT2D eigenvalue weighted by atomic mass is 32.1. The Kier molecular flexibility index (Phi) is 6.05. The molecule has 0 bridgehead atoms. The van der Waals surface area contributed by atoms with Gasteiger partial charge in [-0.2, -0.15) is 13.2 Å². The van der Waals surface area contributed by atoms with Gasteiger partial charge in [-0.25, -0.2) is 0 Å². The van der Waals surface area contributed by atoms with Crippen molar-refractivity contribution < 1.29 is 13.2 Å². The zero-order valence-corrected chi connectivity index (χ0v) is 12.4. The molecule has 1 aliphatic carbocycles. The average molecular weight is 296 g/mol. The summed E-state index contributed by atoms with van der Waals surface area (Å²) in [4.78, 5) is 1.49. The monoisotopic (exact) mass is 296 g/mol. The molecule has 0 heterocycles. The van der Waals surface area contributed by atoms with Crippen LogP contribution in [0, 0.1) is 11.8 Å². The maximum atomic E-state index is 13.0. The topological polar surface area (TPSA) is 29.3 Å². The Balaban J connectivity index is 2.76. The molecule has 2 nitrogen and oxygen atoms in total. The smallest absolute Gasteiger partial charge is 0.393 e. The van der Waals surface area contributed by atoms with E-state index in [1.54, 1.807) is 0 Å². The van der Waals surface area contributed by atoms with Gasteiger partial charge in [0, 0.05) is 19.1 Å². The molecule has 0 spiro atoms. The fraction of sp³-hybridized carbons (Fsp3) is 0.923. The Hall–Kier alpha value is -0.360. The van der Waals surface area contributed by atoms with Gasteiger partial charge < -0.3 is 5.73 Å². The van der Waals surface area contributed by atoms with Crippen LogP contribution in [0.5, 0.6) is 0 Å². The molecular weight excluding hydrogens is 273 g/mol. The number of halogens is 3. The molecule has 19 heavy (non-hydrogen) atoms. The van der Waals surface area contributed by atoms with E-state index in [-0.39, 0.29) is 12.6 Å². The number of nitrogens with zero attached hydrogens (tertiary/aromatic N) is 1. The molecule has 1 atom stereocenters. The molecule has 0 aromatic rings. The van der Waals surface area contributed by atoms with Crippen LogP contribution in [0.1, 0.15) is 39.5 Å². The second-order valence-corrected chi connectivity index (χ2v) is 6.25. The molecule has 1 saturated carbocycles. The summed E-state index contributed by atoms with van der Waals surface area (Å²) in [5.74, 6) is -1.36. The lowest BCUT2D eigenvalue weighted by molar-refractivity contribution is -0.160. The summed E-state index contributed by atoms with van der Waals surface area (Å²) in [5, 5.41) is 0. The van der Waals surface area contributed by atoms with Crippen molar-refractivity contribution in [2.45, 2.75) is 51.7 Å². The van der Waals surface area contributed by atoms with Gasteiger partial charge in [-0.1, -0.05) is 38.9 Å². The van der Waals surface area contributed by atoms with Crippen LogP contribution in [0.3, 0.4) is 0 Å². The van der Waals surface area contributed by atoms with Crippen LogP contribution in [-0.4, -0.2) is 35.2 Å². The Morgan fingerprint density at radius 2 is 1.79 bits per heavy atom. The Labute approximate surface area is 118 Å². The molecule has 1 fully saturated rings. The van der Waals surface area contributed by atoms with E-state index in [0.717, 1.165) is 25.7 Å². The van der Waals surface area contributed by atoms with Gasteiger partial charge in [0.15, 0.2) is 0 Å². The zero-order valence-electron chi connectivity index (χ0n) is 11.5. The molecular formula is C13H23F3N2S. The molecule has 112 valence electrons. The van der Waals surface area contributed by atoms with Crippen LogP contribution < -0.4 is 5.73 Å². The summed E-state index contributed by atoms with van der Waals surface area (Å²) in [5.41, 5.74) is 5.29. The summed E-state index contributed by atoms with van der Waals surface area (Å²) in [6.07, 6.45) is -0.186. The average Bonchev–Trinajstić information content (AvgIpc) is 2.74. The third-order valence-corrected chi connectivity index (χ3v) is 3.88. The van der Waals surface area contributed by atoms with Crippen molar-refractivity contribution in [3.05, 3.63) is 0 Å². The third kappa shape index (κ3) is 5.26. The van der Waals surface area contributed by atoms with E-state index in [1.165, 1.54) is 0 Å². The van der Waals surface area contributed by atoms with Crippen LogP contribution in [0.4, 0.5) is 13.2 Å². The molecule has 1 aliphatic rings. The largest absolute Gasteiger partial charge is 0.399 e. The fourth-order valence-electron chi connectivity index (χ4n) is 2.70. The first-order chi connectivity index (χ1) is 8.71. The lowest BCUT2D eigenvalue weighted by Crippen LogP contribution is -2.47. The van der Waals surface area contributed by atoms with Gasteiger partial charge in [0.2, 0.25) is 0 Å². The molecule has 6 heteroatoms.